The van der Waals surface area contributed by atoms with E-state index in [9.17, 15) is 0 Å². The molecule has 1 unspecified atom stereocenters. The van der Waals surface area contributed by atoms with Gasteiger partial charge in [-0.3, -0.25) is 0 Å². The molecule has 0 radical (unpaired) electrons. The van der Waals surface area contributed by atoms with Gasteiger partial charge in [-0.05, 0) is 29.6 Å². The highest BCUT2D eigenvalue weighted by Gasteiger charge is 2.16. The van der Waals surface area contributed by atoms with Crippen LogP contribution in [0.3, 0.4) is 0 Å². The minimum Gasteiger partial charge on any atom is -0.454 e. The second kappa shape index (κ2) is 4.74. The lowest BCUT2D eigenvalue weighted by atomic mass is 10.0. The molecule has 16 heavy (non-hydrogen) atoms. The van der Waals surface area contributed by atoms with E-state index in [1.54, 1.807) is 12.1 Å². The van der Waals surface area contributed by atoms with Gasteiger partial charge in [0.1, 0.15) is 0 Å². The van der Waals surface area contributed by atoms with E-state index in [2.05, 4.69) is 10.0 Å². The summed E-state index contributed by atoms with van der Waals surface area (Å²) in [6, 6.07) is 4.99. The Bertz CT molecular complexity index is 429. The molecule has 0 spiro atoms. The molecule has 1 aliphatic heterocycles. The molecule has 2 rings (SSSR count). The summed E-state index contributed by atoms with van der Waals surface area (Å²) >= 11 is 0. The average molecular weight is 221 g/mol. The maximum atomic E-state index is 8.88. The van der Waals surface area contributed by atoms with E-state index in [4.69, 9.17) is 20.1 Å². The summed E-state index contributed by atoms with van der Waals surface area (Å²) in [6.45, 7) is 0.184. The van der Waals surface area contributed by atoms with Gasteiger partial charge in [0.2, 0.25) is 6.79 Å². The van der Waals surface area contributed by atoms with Crippen LogP contribution in [0.2, 0.25) is 0 Å². The summed E-state index contributed by atoms with van der Waals surface area (Å²) in [5.74, 6) is 1.33. The van der Waals surface area contributed by atoms with Crippen molar-refractivity contribution in [1.82, 2.24) is 0 Å². The molecule has 84 valence electrons. The fourth-order valence-corrected chi connectivity index (χ4v) is 1.60. The zero-order chi connectivity index (χ0) is 11.4. The van der Waals surface area contributed by atoms with Gasteiger partial charge in [0, 0.05) is 11.5 Å². The van der Waals surface area contributed by atoms with Gasteiger partial charge >= 0.3 is 0 Å². The highest BCUT2D eigenvalue weighted by atomic mass is 16.7. The molecular formula is C10H11N3O3. The van der Waals surface area contributed by atoms with Crippen molar-refractivity contribution in [2.75, 3.05) is 13.4 Å². The van der Waals surface area contributed by atoms with Crippen molar-refractivity contribution >= 4 is 0 Å². The topological polar surface area (TPSA) is 87.5 Å². The monoisotopic (exact) mass is 221 g/mol. The van der Waals surface area contributed by atoms with Gasteiger partial charge in [-0.1, -0.05) is 11.2 Å². The average Bonchev–Trinajstić information content (AvgIpc) is 2.75. The molecule has 1 atom stereocenters. The van der Waals surface area contributed by atoms with Gasteiger partial charge in [0.05, 0.1) is 6.04 Å². The van der Waals surface area contributed by atoms with Crippen molar-refractivity contribution in [2.24, 2.45) is 5.11 Å². The van der Waals surface area contributed by atoms with Crippen molar-refractivity contribution in [3.05, 3.63) is 34.2 Å². The minimum atomic E-state index is -0.371. The van der Waals surface area contributed by atoms with Crippen LogP contribution in [-0.2, 0) is 0 Å². The number of rotatable bonds is 4. The van der Waals surface area contributed by atoms with E-state index in [-0.39, 0.29) is 19.4 Å². The van der Waals surface area contributed by atoms with Crippen LogP contribution in [0.15, 0.2) is 23.3 Å². The SMILES string of the molecule is [N-]=[N+]=NC(CCO)c1ccc2c(c1)OCO2. The molecule has 1 aliphatic rings. The third-order valence-electron chi connectivity index (χ3n) is 2.37. The lowest BCUT2D eigenvalue weighted by molar-refractivity contribution is 0.174. The Morgan fingerprint density at radius 2 is 2.25 bits per heavy atom. The number of azide groups is 1. The first-order valence-corrected chi connectivity index (χ1v) is 4.89. The third-order valence-corrected chi connectivity index (χ3v) is 2.37. The quantitative estimate of drug-likeness (QED) is 0.480. The molecule has 0 amide bonds. The Labute approximate surface area is 92.0 Å². The second-order valence-corrected chi connectivity index (χ2v) is 3.35. The van der Waals surface area contributed by atoms with Crippen LogP contribution in [0, 0.1) is 0 Å². The van der Waals surface area contributed by atoms with Gasteiger partial charge in [-0.2, -0.15) is 0 Å². The fraction of sp³-hybridized carbons (Fsp3) is 0.400. The zero-order valence-corrected chi connectivity index (χ0v) is 8.54. The van der Waals surface area contributed by atoms with Gasteiger partial charge in [0.25, 0.3) is 0 Å². The van der Waals surface area contributed by atoms with Crippen molar-refractivity contribution in [2.45, 2.75) is 12.5 Å². The molecule has 0 aromatic heterocycles. The molecule has 0 bridgehead atoms. The van der Waals surface area contributed by atoms with E-state index in [0.717, 1.165) is 5.56 Å². The summed E-state index contributed by atoms with van der Waals surface area (Å²) in [4.78, 5) is 2.77. The first-order valence-electron chi connectivity index (χ1n) is 4.89. The van der Waals surface area contributed by atoms with E-state index in [0.29, 0.717) is 17.9 Å². The maximum absolute atomic E-state index is 8.88. The van der Waals surface area contributed by atoms with E-state index in [1.807, 2.05) is 6.07 Å². The smallest absolute Gasteiger partial charge is 0.231 e. The summed E-state index contributed by atoms with van der Waals surface area (Å²) in [5.41, 5.74) is 9.25. The number of benzene rings is 1. The van der Waals surface area contributed by atoms with Crippen LogP contribution < -0.4 is 9.47 Å². The van der Waals surface area contributed by atoms with Crippen molar-refractivity contribution in [3.63, 3.8) is 0 Å². The lowest BCUT2D eigenvalue weighted by Gasteiger charge is -2.10. The predicted octanol–water partition coefficient (Wildman–Crippen LogP) is 2.15. The molecule has 1 aromatic carbocycles. The van der Waals surface area contributed by atoms with Gasteiger partial charge in [0.15, 0.2) is 11.5 Å². The molecule has 1 heterocycles. The number of nitrogens with zero attached hydrogens (tertiary/aromatic N) is 3. The Morgan fingerprint density at radius 3 is 3.00 bits per heavy atom. The summed E-state index contributed by atoms with van der Waals surface area (Å²) < 4.78 is 10.4. The highest BCUT2D eigenvalue weighted by molar-refractivity contribution is 5.45. The van der Waals surface area contributed by atoms with Crippen LogP contribution >= 0.6 is 0 Å². The minimum absolute atomic E-state index is 0.0296. The Kier molecular flexibility index (Phi) is 3.14. The van der Waals surface area contributed by atoms with Crippen LogP contribution in [0.4, 0.5) is 0 Å². The molecule has 1 aromatic rings. The number of fused-ring (bicyclic) bond motifs is 1. The number of aliphatic hydroxyl groups excluding tert-OH is 1. The number of ether oxygens (including phenoxy) is 2. The predicted molar refractivity (Wildman–Crippen MR) is 56.2 cm³/mol. The van der Waals surface area contributed by atoms with Crippen LogP contribution in [-0.4, -0.2) is 18.5 Å². The third kappa shape index (κ3) is 2.03. The molecule has 1 N–H and O–H groups in total. The van der Waals surface area contributed by atoms with Gasteiger partial charge in [-0.15, -0.1) is 0 Å². The molecule has 6 heteroatoms. The van der Waals surface area contributed by atoms with E-state index >= 15 is 0 Å². The first kappa shape index (κ1) is 10.6. The highest BCUT2D eigenvalue weighted by Crippen LogP contribution is 2.35. The molecule has 6 nitrogen and oxygen atoms in total. The van der Waals surface area contributed by atoms with Crippen LogP contribution in [0.1, 0.15) is 18.0 Å². The first-order chi connectivity index (χ1) is 7.85. The Morgan fingerprint density at radius 1 is 1.44 bits per heavy atom. The number of hydrogen-bond acceptors (Lipinski definition) is 4. The molecular weight excluding hydrogens is 210 g/mol. The van der Waals surface area contributed by atoms with E-state index in [1.165, 1.54) is 0 Å². The lowest BCUT2D eigenvalue weighted by Crippen LogP contribution is -1.97. The van der Waals surface area contributed by atoms with Crippen molar-refractivity contribution < 1.29 is 14.6 Å². The molecule has 0 saturated carbocycles. The van der Waals surface area contributed by atoms with Crippen molar-refractivity contribution in [1.29, 1.82) is 0 Å². The number of aliphatic hydroxyl groups is 1. The summed E-state index contributed by atoms with van der Waals surface area (Å²) in [6.07, 6.45) is 0.393. The Balaban J connectivity index is 2.27. The number of hydrogen-bond donors (Lipinski definition) is 1. The van der Waals surface area contributed by atoms with Crippen LogP contribution in [0.5, 0.6) is 11.5 Å². The van der Waals surface area contributed by atoms with Gasteiger partial charge < -0.3 is 14.6 Å². The zero-order valence-electron chi connectivity index (χ0n) is 8.54. The summed E-state index contributed by atoms with van der Waals surface area (Å²) in [7, 11) is 0. The molecule has 0 fully saturated rings. The van der Waals surface area contributed by atoms with Crippen molar-refractivity contribution in [3.8, 4) is 11.5 Å². The molecule has 0 aliphatic carbocycles. The standard InChI is InChI=1S/C10H11N3O3/c11-13-12-8(3-4-14)7-1-2-9-10(5-7)16-6-15-9/h1-2,5,8,14H,3-4,6H2. The fourth-order valence-electron chi connectivity index (χ4n) is 1.60. The van der Waals surface area contributed by atoms with Gasteiger partial charge in [-0.25, -0.2) is 0 Å². The molecule has 0 saturated heterocycles. The largest absolute Gasteiger partial charge is 0.454 e. The second-order valence-electron chi connectivity index (χ2n) is 3.35. The maximum Gasteiger partial charge on any atom is 0.231 e. The van der Waals surface area contributed by atoms with E-state index < -0.39 is 0 Å². The Hall–Kier alpha value is -1.91. The van der Waals surface area contributed by atoms with Crippen LogP contribution in [0.25, 0.3) is 10.4 Å². The summed E-state index contributed by atoms with van der Waals surface area (Å²) in [5, 5.41) is 12.5. The normalized spacial score (nSPS) is 14.3.